The topological polar surface area (TPSA) is 47.9 Å². The van der Waals surface area contributed by atoms with Crippen molar-refractivity contribution in [2.75, 3.05) is 20.3 Å². The van der Waals surface area contributed by atoms with Gasteiger partial charge in [0.05, 0.1) is 7.11 Å². The van der Waals surface area contributed by atoms with Crippen LogP contribution in [-0.2, 0) is 0 Å². The monoisotopic (exact) mass is 292 g/mol. The first-order valence-electron chi connectivity index (χ1n) is 6.52. The molecule has 0 heterocycles. The molecule has 4 nitrogen and oxygen atoms in total. The van der Waals surface area contributed by atoms with Crippen LogP contribution in [0.2, 0.25) is 0 Å². The second-order valence-corrected chi connectivity index (χ2v) is 4.36. The largest absolute Gasteiger partial charge is 0.493 e. The minimum atomic E-state index is -0.880. The molecule has 0 aromatic heterocycles. The van der Waals surface area contributed by atoms with Crippen molar-refractivity contribution in [3.05, 3.63) is 54.3 Å². The maximum absolute atomic E-state index is 13.6. The number of benzene rings is 2. The van der Waals surface area contributed by atoms with Gasteiger partial charge in [-0.25, -0.2) is 4.39 Å². The highest BCUT2D eigenvalue weighted by molar-refractivity contribution is 5.40. The molecule has 0 saturated carbocycles. The van der Waals surface area contributed by atoms with Crippen molar-refractivity contribution in [1.82, 2.24) is 0 Å². The number of halogens is 1. The summed E-state index contributed by atoms with van der Waals surface area (Å²) in [4.78, 5) is 0. The Balaban J connectivity index is 1.85. The van der Waals surface area contributed by atoms with Gasteiger partial charge in [0, 0.05) is 0 Å². The van der Waals surface area contributed by atoms with E-state index in [-0.39, 0.29) is 24.7 Å². The lowest BCUT2D eigenvalue weighted by Gasteiger charge is -2.15. The van der Waals surface area contributed by atoms with Crippen molar-refractivity contribution in [2.24, 2.45) is 0 Å². The normalized spacial score (nSPS) is 11.8. The average molecular weight is 292 g/mol. The molecule has 2 rings (SSSR count). The molecule has 1 N–H and O–H groups in total. The van der Waals surface area contributed by atoms with Crippen molar-refractivity contribution >= 4 is 0 Å². The van der Waals surface area contributed by atoms with E-state index in [2.05, 4.69) is 0 Å². The summed E-state index contributed by atoms with van der Waals surface area (Å²) >= 11 is 0. The summed E-state index contributed by atoms with van der Waals surface area (Å²) in [5.41, 5.74) is 0. The molecule has 0 spiro atoms. The molecule has 0 aliphatic carbocycles. The summed E-state index contributed by atoms with van der Waals surface area (Å²) in [6.07, 6.45) is -0.880. The number of rotatable bonds is 7. The lowest BCUT2D eigenvalue weighted by Crippen LogP contribution is -2.25. The van der Waals surface area contributed by atoms with Gasteiger partial charge in [0.25, 0.3) is 0 Å². The highest BCUT2D eigenvalue weighted by Gasteiger charge is 2.13. The second-order valence-electron chi connectivity index (χ2n) is 4.36. The van der Waals surface area contributed by atoms with Gasteiger partial charge in [-0.15, -0.1) is 0 Å². The van der Waals surface area contributed by atoms with Gasteiger partial charge in [-0.05, 0) is 24.3 Å². The summed E-state index contributed by atoms with van der Waals surface area (Å²) in [6, 6.07) is 13.5. The van der Waals surface area contributed by atoms with Gasteiger partial charge in [-0.1, -0.05) is 24.3 Å². The van der Waals surface area contributed by atoms with E-state index in [0.717, 1.165) is 0 Å². The first-order valence-corrected chi connectivity index (χ1v) is 6.52. The van der Waals surface area contributed by atoms with Crippen molar-refractivity contribution in [2.45, 2.75) is 6.10 Å². The van der Waals surface area contributed by atoms with Gasteiger partial charge in [-0.2, -0.15) is 0 Å². The van der Waals surface area contributed by atoms with Gasteiger partial charge >= 0.3 is 0 Å². The Morgan fingerprint density at radius 2 is 1.71 bits per heavy atom. The first kappa shape index (κ1) is 15.1. The van der Waals surface area contributed by atoms with Crippen LogP contribution in [-0.4, -0.2) is 31.5 Å². The number of aliphatic hydroxyl groups excluding tert-OH is 1. The molecule has 0 fully saturated rings. The van der Waals surface area contributed by atoms with Crippen LogP contribution in [0.5, 0.6) is 17.2 Å². The first-order chi connectivity index (χ1) is 10.2. The third-order valence-corrected chi connectivity index (χ3v) is 2.76. The SMILES string of the molecule is COc1cccc(F)c1OCC(O)COc1ccccc1. The van der Waals surface area contributed by atoms with Gasteiger partial charge in [0.15, 0.2) is 17.3 Å². The quantitative estimate of drug-likeness (QED) is 0.852. The fourth-order valence-electron chi connectivity index (χ4n) is 1.73. The molecule has 0 aliphatic rings. The second kappa shape index (κ2) is 7.50. The standard InChI is InChI=1S/C16H17FO4/c1-19-15-9-5-8-14(17)16(15)21-11-12(18)10-20-13-6-3-2-4-7-13/h2-9,12,18H,10-11H2,1H3. The van der Waals surface area contributed by atoms with Crippen LogP contribution in [0.15, 0.2) is 48.5 Å². The van der Waals surface area contributed by atoms with Crippen LogP contribution in [0.1, 0.15) is 0 Å². The predicted octanol–water partition coefficient (Wildman–Crippen LogP) is 2.65. The molecule has 0 radical (unpaired) electrons. The summed E-state index contributed by atoms with van der Waals surface area (Å²) < 4.78 is 29.3. The van der Waals surface area contributed by atoms with Crippen LogP contribution >= 0.6 is 0 Å². The maximum atomic E-state index is 13.6. The molecule has 1 atom stereocenters. The zero-order chi connectivity index (χ0) is 15.1. The Hall–Kier alpha value is -2.27. The van der Waals surface area contributed by atoms with E-state index in [1.54, 1.807) is 18.2 Å². The van der Waals surface area contributed by atoms with Crippen molar-refractivity contribution in [3.63, 3.8) is 0 Å². The van der Waals surface area contributed by atoms with E-state index in [1.807, 2.05) is 18.2 Å². The zero-order valence-electron chi connectivity index (χ0n) is 11.7. The van der Waals surface area contributed by atoms with E-state index in [1.165, 1.54) is 19.2 Å². The van der Waals surface area contributed by atoms with Gasteiger partial charge in [-0.3, -0.25) is 0 Å². The van der Waals surface area contributed by atoms with Crippen LogP contribution in [0.3, 0.4) is 0 Å². The van der Waals surface area contributed by atoms with Gasteiger partial charge in [0.2, 0.25) is 0 Å². The summed E-state index contributed by atoms with van der Waals surface area (Å²) in [5.74, 6) is 0.385. The number of para-hydroxylation sites is 2. The molecule has 0 saturated heterocycles. The Labute approximate surface area is 122 Å². The van der Waals surface area contributed by atoms with E-state index >= 15 is 0 Å². The van der Waals surface area contributed by atoms with Crippen LogP contribution < -0.4 is 14.2 Å². The van der Waals surface area contributed by atoms with Crippen molar-refractivity contribution < 1.29 is 23.7 Å². The number of methoxy groups -OCH3 is 1. The molecule has 2 aromatic rings. The lowest BCUT2D eigenvalue weighted by molar-refractivity contribution is 0.0602. The van der Waals surface area contributed by atoms with Crippen LogP contribution in [0, 0.1) is 5.82 Å². The number of hydrogen-bond donors (Lipinski definition) is 1. The Morgan fingerprint density at radius 3 is 2.43 bits per heavy atom. The molecular formula is C16H17FO4. The van der Waals surface area contributed by atoms with E-state index < -0.39 is 11.9 Å². The Morgan fingerprint density at radius 1 is 1.00 bits per heavy atom. The molecule has 112 valence electrons. The van der Waals surface area contributed by atoms with Crippen LogP contribution in [0.4, 0.5) is 4.39 Å². The van der Waals surface area contributed by atoms with E-state index in [0.29, 0.717) is 5.75 Å². The predicted molar refractivity (Wildman–Crippen MR) is 76.4 cm³/mol. The molecule has 2 aromatic carbocycles. The van der Waals surface area contributed by atoms with Crippen molar-refractivity contribution in [3.8, 4) is 17.2 Å². The minimum Gasteiger partial charge on any atom is -0.493 e. The van der Waals surface area contributed by atoms with Crippen LogP contribution in [0.25, 0.3) is 0 Å². The molecule has 0 bridgehead atoms. The lowest BCUT2D eigenvalue weighted by atomic mass is 10.3. The number of ether oxygens (including phenoxy) is 3. The number of aliphatic hydroxyl groups is 1. The third-order valence-electron chi connectivity index (χ3n) is 2.76. The molecule has 1 unspecified atom stereocenters. The average Bonchev–Trinajstić information content (AvgIpc) is 2.52. The summed E-state index contributed by atoms with van der Waals surface area (Å²) in [7, 11) is 1.43. The molecule has 0 amide bonds. The van der Waals surface area contributed by atoms with E-state index in [4.69, 9.17) is 14.2 Å². The minimum absolute atomic E-state index is 0.0150. The molecular weight excluding hydrogens is 275 g/mol. The molecule has 0 aliphatic heterocycles. The fraction of sp³-hybridized carbons (Fsp3) is 0.250. The summed E-state index contributed by atoms with van der Waals surface area (Å²) in [6.45, 7) is -0.0368. The zero-order valence-corrected chi connectivity index (χ0v) is 11.7. The third kappa shape index (κ3) is 4.36. The highest BCUT2D eigenvalue weighted by atomic mass is 19.1. The number of hydrogen-bond acceptors (Lipinski definition) is 4. The van der Waals surface area contributed by atoms with Crippen molar-refractivity contribution in [1.29, 1.82) is 0 Å². The smallest absolute Gasteiger partial charge is 0.197 e. The molecule has 5 heteroatoms. The Kier molecular flexibility index (Phi) is 5.40. The maximum Gasteiger partial charge on any atom is 0.197 e. The summed E-state index contributed by atoms with van der Waals surface area (Å²) in [5, 5.41) is 9.81. The molecule has 21 heavy (non-hydrogen) atoms. The van der Waals surface area contributed by atoms with Gasteiger partial charge < -0.3 is 19.3 Å². The Bertz CT molecular complexity index is 559. The fourth-order valence-corrected chi connectivity index (χ4v) is 1.73. The van der Waals surface area contributed by atoms with Gasteiger partial charge in [0.1, 0.15) is 25.1 Å². The van der Waals surface area contributed by atoms with E-state index in [9.17, 15) is 9.50 Å². The highest BCUT2D eigenvalue weighted by Crippen LogP contribution is 2.29.